The summed E-state index contributed by atoms with van der Waals surface area (Å²) in [6, 6.07) is 9.41. The molecular formula is C22H33N3O5. The first kappa shape index (κ1) is 23.5. The minimum absolute atomic E-state index is 0.0341. The molecule has 1 aromatic rings. The number of hydrogen-bond acceptors (Lipinski definition) is 5. The molecule has 0 aromatic heterocycles. The molecule has 1 fully saturated rings. The number of rotatable bonds is 7. The molecule has 1 saturated heterocycles. The van der Waals surface area contributed by atoms with E-state index in [-0.39, 0.29) is 24.8 Å². The predicted octanol–water partition coefficient (Wildman–Crippen LogP) is 2.43. The zero-order valence-corrected chi connectivity index (χ0v) is 18.2. The fraction of sp³-hybridized carbons (Fsp3) is 0.591. The smallest absolute Gasteiger partial charge is 0.407 e. The lowest BCUT2D eigenvalue weighted by Crippen LogP contribution is -2.39. The number of para-hydroxylation sites is 1. The van der Waals surface area contributed by atoms with Gasteiger partial charge < -0.3 is 24.6 Å². The van der Waals surface area contributed by atoms with Gasteiger partial charge in [0.1, 0.15) is 11.4 Å². The number of carbonyl (C=O) groups is 3. The second-order valence-corrected chi connectivity index (χ2v) is 8.21. The summed E-state index contributed by atoms with van der Waals surface area (Å²) in [4.78, 5) is 40.1. The van der Waals surface area contributed by atoms with Crippen LogP contribution in [0, 0.1) is 0 Å². The molecule has 0 unspecified atom stereocenters. The number of nitrogens with zero attached hydrogens (tertiary/aromatic N) is 2. The molecule has 0 radical (unpaired) electrons. The summed E-state index contributed by atoms with van der Waals surface area (Å²) in [5.41, 5.74) is -0.568. The molecule has 1 aliphatic heterocycles. The fourth-order valence-electron chi connectivity index (χ4n) is 3.09. The van der Waals surface area contributed by atoms with E-state index in [4.69, 9.17) is 9.47 Å². The normalized spacial score (nSPS) is 14.6. The summed E-state index contributed by atoms with van der Waals surface area (Å²) >= 11 is 0. The van der Waals surface area contributed by atoms with Gasteiger partial charge >= 0.3 is 6.09 Å². The van der Waals surface area contributed by atoms with E-state index in [0.29, 0.717) is 39.2 Å². The Labute approximate surface area is 178 Å². The minimum Gasteiger partial charge on any atom is -0.493 e. The number of benzene rings is 1. The Bertz CT molecular complexity index is 702. The number of amides is 3. The van der Waals surface area contributed by atoms with Gasteiger partial charge in [-0.05, 0) is 39.3 Å². The second-order valence-electron chi connectivity index (χ2n) is 8.21. The standard InChI is InChI=1S/C22H33N3O5/c1-22(2,3)30-21(28)23-12-10-19(26)24-13-7-14-25(16-15-24)20(27)11-17-29-18-8-5-4-6-9-18/h4-6,8-9H,7,10-17H2,1-3H3,(H,23,28). The van der Waals surface area contributed by atoms with Crippen molar-refractivity contribution in [2.24, 2.45) is 0 Å². The monoisotopic (exact) mass is 419 g/mol. The van der Waals surface area contributed by atoms with Gasteiger partial charge in [0.05, 0.1) is 13.0 Å². The molecule has 1 heterocycles. The van der Waals surface area contributed by atoms with Crippen molar-refractivity contribution in [3.63, 3.8) is 0 Å². The summed E-state index contributed by atoms with van der Waals surface area (Å²) in [6.07, 6.45) is 0.720. The molecule has 0 aliphatic carbocycles. The van der Waals surface area contributed by atoms with Crippen LogP contribution in [0.25, 0.3) is 0 Å². The van der Waals surface area contributed by atoms with Gasteiger partial charge in [-0.2, -0.15) is 0 Å². The summed E-state index contributed by atoms with van der Waals surface area (Å²) in [5, 5.41) is 2.60. The maximum atomic E-state index is 12.5. The molecule has 1 aromatic carbocycles. The van der Waals surface area contributed by atoms with Crippen LogP contribution in [0.15, 0.2) is 30.3 Å². The van der Waals surface area contributed by atoms with Gasteiger partial charge in [-0.15, -0.1) is 0 Å². The second kappa shape index (κ2) is 11.4. The first-order valence-corrected chi connectivity index (χ1v) is 10.4. The molecular weight excluding hydrogens is 386 g/mol. The van der Waals surface area contributed by atoms with Gasteiger partial charge in [-0.25, -0.2) is 4.79 Å². The van der Waals surface area contributed by atoms with Crippen molar-refractivity contribution in [2.45, 2.75) is 45.6 Å². The lowest BCUT2D eigenvalue weighted by atomic mass is 10.2. The van der Waals surface area contributed by atoms with Gasteiger partial charge in [0, 0.05) is 39.1 Å². The Kier molecular flexibility index (Phi) is 8.95. The molecule has 8 heteroatoms. The Balaban J connectivity index is 1.67. The Hall–Kier alpha value is -2.77. The van der Waals surface area contributed by atoms with E-state index in [1.54, 1.807) is 30.6 Å². The lowest BCUT2D eigenvalue weighted by molar-refractivity contribution is -0.133. The first-order chi connectivity index (χ1) is 14.2. The average molecular weight is 420 g/mol. The maximum absolute atomic E-state index is 12.5. The number of carbonyl (C=O) groups excluding carboxylic acids is 3. The quantitative estimate of drug-likeness (QED) is 0.733. The molecule has 0 spiro atoms. The third kappa shape index (κ3) is 8.71. The van der Waals surface area contributed by atoms with Crippen LogP contribution in [0.4, 0.5) is 4.79 Å². The van der Waals surface area contributed by atoms with Gasteiger partial charge in [0.2, 0.25) is 11.8 Å². The topological polar surface area (TPSA) is 88.2 Å². The summed E-state index contributed by atoms with van der Waals surface area (Å²) in [7, 11) is 0. The molecule has 1 aliphatic rings. The molecule has 0 atom stereocenters. The van der Waals surface area contributed by atoms with Crippen molar-refractivity contribution < 1.29 is 23.9 Å². The highest BCUT2D eigenvalue weighted by atomic mass is 16.6. The van der Waals surface area contributed by atoms with Crippen LogP contribution in [-0.4, -0.2) is 72.6 Å². The molecule has 0 saturated carbocycles. The molecule has 8 nitrogen and oxygen atoms in total. The van der Waals surface area contributed by atoms with Crippen molar-refractivity contribution in [3.8, 4) is 5.75 Å². The number of ether oxygens (including phenoxy) is 2. The Morgan fingerprint density at radius 2 is 1.53 bits per heavy atom. The molecule has 166 valence electrons. The fourth-order valence-corrected chi connectivity index (χ4v) is 3.09. The minimum atomic E-state index is -0.568. The van der Waals surface area contributed by atoms with E-state index in [1.807, 2.05) is 30.3 Å². The van der Waals surface area contributed by atoms with E-state index in [9.17, 15) is 14.4 Å². The van der Waals surface area contributed by atoms with Crippen LogP contribution in [0.5, 0.6) is 5.75 Å². The summed E-state index contributed by atoms with van der Waals surface area (Å²) < 4.78 is 10.8. The SMILES string of the molecule is CC(C)(C)OC(=O)NCCC(=O)N1CCCN(C(=O)CCOc2ccccc2)CC1. The zero-order valence-electron chi connectivity index (χ0n) is 18.2. The van der Waals surface area contributed by atoms with Crippen molar-refractivity contribution in [1.29, 1.82) is 0 Å². The molecule has 1 N–H and O–H groups in total. The largest absolute Gasteiger partial charge is 0.493 e. The van der Waals surface area contributed by atoms with Gasteiger partial charge in [0.25, 0.3) is 0 Å². The van der Waals surface area contributed by atoms with Crippen molar-refractivity contribution >= 4 is 17.9 Å². The van der Waals surface area contributed by atoms with Gasteiger partial charge in [-0.3, -0.25) is 9.59 Å². The lowest BCUT2D eigenvalue weighted by Gasteiger charge is -2.23. The van der Waals surface area contributed by atoms with Crippen molar-refractivity contribution in [3.05, 3.63) is 30.3 Å². The third-order valence-electron chi connectivity index (χ3n) is 4.54. The molecule has 3 amide bonds. The van der Waals surface area contributed by atoms with Crippen molar-refractivity contribution in [2.75, 3.05) is 39.3 Å². The van der Waals surface area contributed by atoms with Crippen LogP contribution < -0.4 is 10.1 Å². The predicted molar refractivity (Wildman–Crippen MR) is 113 cm³/mol. The number of nitrogens with one attached hydrogen (secondary N) is 1. The van der Waals surface area contributed by atoms with Crippen LogP contribution in [0.2, 0.25) is 0 Å². The van der Waals surface area contributed by atoms with E-state index < -0.39 is 11.7 Å². The number of alkyl carbamates (subject to hydrolysis) is 1. The third-order valence-corrected chi connectivity index (χ3v) is 4.54. The molecule has 2 rings (SSSR count). The highest BCUT2D eigenvalue weighted by Crippen LogP contribution is 2.10. The van der Waals surface area contributed by atoms with Crippen LogP contribution in [-0.2, 0) is 14.3 Å². The van der Waals surface area contributed by atoms with E-state index in [2.05, 4.69) is 5.32 Å². The first-order valence-electron chi connectivity index (χ1n) is 10.4. The van der Waals surface area contributed by atoms with Gasteiger partial charge in [0.15, 0.2) is 0 Å². The highest BCUT2D eigenvalue weighted by molar-refractivity contribution is 5.78. The van der Waals surface area contributed by atoms with E-state index in [1.165, 1.54) is 0 Å². The summed E-state index contributed by atoms with van der Waals surface area (Å²) in [6.45, 7) is 8.16. The van der Waals surface area contributed by atoms with Crippen LogP contribution in [0.1, 0.15) is 40.0 Å². The Morgan fingerprint density at radius 1 is 0.933 bits per heavy atom. The zero-order chi connectivity index (χ0) is 22.0. The summed E-state index contributed by atoms with van der Waals surface area (Å²) in [5.74, 6) is 0.748. The average Bonchev–Trinajstić information content (AvgIpc) is 2.93. The van der Waals surface area contributed by atoms with Crippen molar-refractivity contribution in [1.82, 2.24) is 15.1 Å². The van der Waals surface area contributed by atoms with Gasteiger partial charge in [-0.1, -0.05) is 18.2 Å². The Morgan fingerprint density at radius 3 is 2.13 bits per heavy atom. The maximum Gasteiger partial charge on any atom is 0.407 e. The van der Waals surface area contributed by atoms with E-state index in [0.717, 1.165) is 12.2 Å². The van der Waals surface area contributed by atoms with E-state index >= 15 is 0 Å². The molecule has 0 bridgehead atoms. The number of hydrogen-bond donors (Lipinski definition) is 1. The molecule has 30 heavy (non-hydrogen) atoms. The van der Waals surface area contributed by atoms with Crippen LogP contribution in [0.3, 0.4) is 0 Å². The van der Waals surface area contributed by atoms with Crippen LogP contribution >= 0.6 is 0 Å². The highest BCUT2D eigenvalue weighted by Gasteiger charge is 2.22.